The van der Waals surface area contributed by atoms with E-state index in [0.29, 0.717) is 16.8 Å². The fourth-order valence-corrected chi connectivity index (χ4v) is 3.22. The molecule has 0 saturated heterocycles. The lowest BCUT2D eigenvalue weighted by Gasteiger charge is -2.12. The van der Waals surface area contributed by atoms with Crippen LogP contribution in [0.25, 0.3) is 0 Å². The Morgan fingerprint density at radius 2 is 2.00 bits per heavy atom. The number of benzene rings is 1. The lowest BCUT2D eigenvalue weighted by Crippen LogP contribution is -2.16. The van der Waals surface area contributed by atoms with Gasteiger partial charge in [-0.25, -0.2) is 18.2 Å². The molecule has 0 unspecified atom stereocenters. The largest absolute Gasteiger partial charge is 0.465 e. The predicted molar refractivity (Wildman–Crippen MR) is 92.6 cm³/mol. The Bertz CT molecular complexity index is 817. The molecule has 0 atom stereocenters. The second-order valence-corrected chi connectivity index (χ2v) is 7.07. The van der Waals surface area contributed by atoms with Crippen molar-refractivity contribution < 1.29 is 17.9 Å². The average molecular weight is 349 g/mol. The Morgan fingerprint density at radius 3 is 2.58 bits per heavy atom. The van der Waals surface area contributed by atoms with E-state index in [2.05, 4.69) is 14.4 Å². The molecular formula is C16H19N3O4S. The van der Waals surface area contributed by atoms with Crippen molar-refractivity contribution >= 4 is 27.5 Å². The molecule has 1 aromatic carbocycles. The maximum Gasteiger partial charge on any atom is 0.337 e. The molecule has 0 spiro atoms. The molecule has 24 heavy (non-hydrogen) atoms. The quantitative estimate of drug-likeness (QED) is 0.801. The van der Waals surface area contributed by atoms with E-state index in [1.54, 1.807) is 30.3 Å². The molecule has 7 nitrogen and oxygen atoms in total. The van der Waals surface area contributed by atoms with Crippen LogP contribution in [0.1, 0.15) is 15.9 Å². The van der Waals surface area contributed by atoms with Gasteiger partial charge in [-0.1, -0.05) is 12.1 Å². The van der Waals surface area contributed by atoms with Crippen LogP contribution >= 0.6 is 0 Å². The molecule has 0 bridgehead atoms. The highest BCUT2D eigenvalue weighted by Crippen LogP contribution is 2.16. The number of aromatic nitrogens is 1. The lowest BCUT2D eigenvalue weighted by atomic mass is 10.1. The van der Waals surface area contributed by atoms with E-state index in [4.69, 9.17) is 0 Å². The van der Waals surface area contributed by atoms with Crippen LogP contribution < -0.4 is 9.62 Å². The van der Waals surface area contributed by atoms with E-state index < -0.39 is 16.0 Å². The van der Waals surface area contributed by atoms with E-state index in [-0.39, 0.29) is 5.75 Å². The molecule has 1 N–H and O–H groups in total. The number of anilines is 2. The van der Waals surface area contributed by atoms with E-state index in [9.17, 15) is 13.2 Å². The normalized spacial score (nSPS) is 11.0. The number of ether oxygens (including phenoxy) is 1. The maximum atomic E-state index is 12.3. The highest BCUT2D eigenvalue weighted by molar-refractivity contribution is 7.91. The van der Waals surface area contributed by atoms with Crippen LogP contribution in [0, 0.1) is 0 Å². The molecule has 0 radical (unpaired) electrons. The molecule has 8 heteroatoms. The fourth-order valence-electron chi connectivity index (χ4n) is 2.05. The molecule has 0 aliphatic rings. The maximum absolute atomic E-state index is 12.3. The van der Waals surface area contributed by atoms with Crippen molar-refractivity contribution in [1.29, 1.82) is 0 Å². The molecule has 1 aromatic heterocycles. The minimum atomic E-state index is -3.63. The first-order valence-electron chi connectivity index (χ1n) is 7.12. The molecule has 0 amide bonds. The van der Waals surface area contributed by atoms with Gasteiger partial charge in [-0.05, 0) is 29.8 Å². The van der Waals surface area contributed by atoms with Gasteiger partial charge in [0.05, 0.1) is 30.3 Å². The minimum absolute atomic E-state index is 0.257. The molecule has 128 valence electrons. The molecule has 2 aromatic rings. The Hall–Kier alpha value is -2.61. The first-order valence-corrected chi connectivity index (χ1v) is 8.77. The second kappa shape index (κ2) is 7.31. The molecule has 0 saturated carbocycles. The van der Waals surface area contributed by atoms with Crippen molar-refractivity contribution in [3.8, 4) is 0 Å². The Morgan fingerprint density at radius 1 is 1.25 bits per heavy atom. The third-order valence-electron chi connectivity index (χ3n) is 3.18. The summed E-state index contributed by atoms with van der Waals surface area (Å²) in [6, 6.07) is 9.68. The Kier molecular flexibility index (Phi) is 5.40. The van der Waals surface area contributed by atoms with Gasteiger partial charge in [0, 0.05) is 14.1 Å². The number of pyridine rings is 1. The van der Waals surface area contributed by atoms with Crippen LogP contribution in [0.15, 0.2) is 42.6 Å². The first kappa shape index (κ1) is 17.7. The van der Waals surface area contributed by atoms with Crippen LogP contribution in [0.4, 0.5) is 11.5 Å². The van der Waals surface area contributed by atoms with E-state index >= 15 is 0 Å². The number of sulfonamides is 1. The number of rotatable bonds is 6. The van der Waals surface area contributed by atoms with Crippen molar-refractivity contribution in [3.63, 3.8) is 0 Å². The average Bonchev–Trinajstić information content (AvgIpc) is 2.54. The van der Waals surface area contributed by atoms with Crippen LogP contribution in [0.3, 0.4) is 0 Å². The number of carbonyl (C=O) groups is 1. The zero-order chi connectivity index (χ0) is 17.7. The van der Waals surface area contributed by atoms with Crippen molar-refractivity contribution in [2.75, 3.05) is 30.8 Å². The van der Waals surface area contributed by atoms with Gasteiger partial charge in [0.15, 0.2) is 0 Å². The Balaban J connectivity index is 2.12. The standard InChI is InChI=1S/C16H19N3O4S/c1-19(2)15-8-7-14(10-17-15)18-24(21,22)11-12-5-4-6-13(9-12)16(20)23-3/h4-10,18H,11H2,1-3H3. The molecule has 0 aliphatic carbocycles. The number of esters is 1. The van der Waals surface area contributed by atoms with E-state index in [0.717, 1.165) is 5.82 Å². The summed E-state index contributed by atoms with van der Waals surface area (Å²) in [7, 11) is 1.35. The molecule has 2 rings (SSSR count). The van der Waals surface area contributed by atoms with Gasteiger partial charge >= 0.3 is 5.97 Å². The summed E-state index contributed by atoms with van der Waals surface area (Å²) in [4.78, 5) is 17.5. The number of nitrogens with one attached hydrogen (secondary N) is 1. The van der Waals surface area contributed by atoms with E-state index in [1.807, 2.05) is 19.0 Å². The topological polar surface area (TPSA) is 88.6 Å². The van der Waals surface area contributed by atoms with E-state index in [1.165, 1.54) is 19.4 Å². The van der Waals surface area contributed by atoms with Gasteiger partial charge in [-0.2, -0.15) is 0 Å². The first-order chi connectivity index (χ1) is 11.3. The summed E-state index contributed by atoms with van der Waals surface area (Å²) in [5, 5.41) is 0. The third kappa shape index (κ3) is 4.69. The second-order valence-electron chi connectivity index (χ2n) is 5.35. The zero-order valence-electron chi connectivity index (χ0n) is 13.7. The smallest absolute Gasteiger partial charge is 0.337 e. The predicted octanol–water partition coefficient (Wildman–Crippen LogP) is 1.88. The monoisotopic (exact) mass is 349 g/mol. The highest BCUT2D eigenvalue weighted by atomic mass is 32.2. The number of nitrogens with zero attached hydrogens (tertiary/aromatic N) is 2. The molecule has 0 aliphatic heterocycles. The third-order valence-corrected chi connectivity index (χ3v) is 4.44. The van der Waals surface area contributed by atoms with Gasteiger partial charge in [0.25, 0.3) is 0 Å². The van der Waals surface area contributed by atoms with Crippen LogP contribution in [0.5, 0.6) is 0 Å². The number of methoxy groups -OCH3 is 1. The van der Waals surface area contributed by atoms with Gasteiger partial charge < -0.3 is 9.64 Å². The van der Waals surface area contributed by atoms with Crippen molar-refractivity contribution in [1.82, 2.24) is 4.98 Å². The number of hydrogen-bond acceptors (Lipinski definition) is 6. The zero-order valence-corrected chi connectivity index (χ0v) is 14.5. The highest BCUT2D eigenvalue weighted by Gasteiger charge is 2.14. The van der Waals surface area contributed by atoms with Gasteiger partial charge in [0.1, 0.15) is 5.82 Å². The summed E-state index contributed by atoms with van der Waals surface area (Å²) >= 11 is 0. The summed E-state index contributed by atoms with van der Waals surface area (Å²) in [6.07, 6.45) is 1.46. The minimum Gasteiger partial charge on any atom is -0.465 e. The fraction of sp³-hybridized carbons (Fsp3) is 0.250. The summed E-state index contributed by atoms with van der Waals surface area (Å²) in [6.45, 7) is 0. The Labute approximate surface area is 141 Å². The molecular weight excluding hydrogens is 330 g/mol. The van der Waals surface area contributed by atoms with Crippen molar-refractivity contribution in [2.45, 2.75) is 5.75 Å². The molecule has 0 fully saturated rings. The lowest BCUT2D eigenvalue weighted by molar-refractivity contribution is 0.0600. The van der Waals surface area contributed by atoms with Gasteiger partial charge in [0.2, 0.25) is 10.0 Å². The van der Waals surface area contributed by atoms with Crippen LogP contribution in [0.2, 0.25) is 0 Å². The SMILES string of the molecule is COC(=O)c1cccc(CS(=O)(=O)Nc2ccc(N(C)C)nc2)c1. The van der Waals surface area contributed by atoms with Crippen LogP contribution in [-0.4, -0.2) is 40.6 Å². The van der Waals surface area contributed by atoms with Crippen molar-refractivity contribution in [2.24, 2.45) is 0 Å². The molecule has 1 heterocycles. The van der Waals surface area contributed by atoms with Crippen LogP contribution in [-0.2, 0) is 20.5 Å². The summed E-state index contributed by atoms with van der Waals surface area (Å²) < 4.78 is 31.6. The van der Waals surface area contributed by atoms with Crippen molar-refractivity contribution in [3.05, 3.63) is 53.7 Å². The van der Waals surface area contributed by atoms with Gasteiger partial charge in [-0.3, -0.25) is 4.72 Å². The summed E-state index contributed by atoms with van der Waals surface area (Å²) in [5.41, 5.74) is 1.18. The summed E-state index contributed by atoms with van der Waals surface area (Å²) in [5.74, 6) is -0.0396. The number of carbonyl (C=O) groups excluding carboxylic acids is 1. The van der Waals surface area contributed by atoms with Gasteiger partial charge in [-0.15, -0.1) is 0 Å². The number of hydrogen-bond donors (Lipinski definition) is 1.